The van der Waals surface area contributed by atoms with Gasteiger partial charge in [-0.25, -0.2) is 0 Å². The van der Waals surface area contributed by atoms with Crippen molar-refractivity contribution >= 4 is 23.3 Å². The Kier molecular flexibility index (Phi) is 3.79. The molecule has 24 heavy (non-hydrogen) atoms. The van der Waals surface area contributed by atoms with E-state index >= 15 is 0 Å². The summed E-state index contributed by atoms with van der Waals surface area (Å²) in [4.78, 5) is 18.5. The van der Waals surface area contributed by atoms with E-state index in [1.165, 1.54) is 0 Å². The number of hydrogen-bond acceptors (Lipinski definition) is 5. The number of nitrogens with two attached hydrogens (primary N) is 1. The van der Waals surface area contributed by atoms with Gasteiger partial charge in [0.1, 0.15) is 17.2 Å². The maximum atomic E-state index is 11.2. The van der Waals surface area contributed by atoms with Crippen LogP contribution in [-0.2, 0) is 16.1 Å². The summed E-state index contributed by atoms with van der Waals surface area (Å²) in [5.41, 5.74) is 6.26. The predicted molar refractivity (Wildman–Crippen MR) is 90.1 cm³/mol. The van der Waals surface area contributed by atoms with E-state index in [0.717, 1.165) is 60.9 Å². The number of amidine groups is 1. The maximum Gasteiger partial charge on any atom is 0.261 e. The van der Waals surface area contributed by atoms with Crippen LogP contribution in [0.25, 0.3) is 0 Å². The zero-order valence-electron chi connectivity index (χ0n) is 13.3. The molecule has 1 aromatic carbocycles. The van der Waals surface area contributed by atoms with Crippen molar-refractivity contribution in [1.82, 2.24) is 4.90 Å². The number of oxime groups is 1. The van der Waals surface area contributed by atoms with E-state index in [4.69, 9.17) is 26.9 Å². The quantitative estimate of drug-likeness (QED) is 0.842. The molecular weight excluding hydrogens is 330 g/mol. The molecule has 6 nitrogen and oxygen atoms in total. The number of primary amides is 1. The van der Waals surface area contributed by atoms with E-state index in [2.05, 4.69) is 10.1 Å². The van der Waals surface area contributed by atoms with Crippen molar-refractivity contribution in [2.45, 2.75) is 43.8 Å². The summed E-state index contributed by atoms with van der Waals surface area (Å²) in [6.07, 6.45) is 3.59. The molecule has 1 saturated heterocycles. The van der Waals surface area contributed by atoms with E-state index in [1.54, 1.807) is 0 Å². The Hall–Kier alpha value is -1.95. The topological polar surface area (TPSA) is 77.2 Å². The lowest BCUT2D eigenvalue weighted by atomic mass is 9.83. The number of fused-ring (bicyclic) bond motifs is 1. The smallest absolute Gasteiger partial charge is 0.261 e. The van der Waals surface area contributed by atoms with Gasteiger partial charge in [0.25, 0.3) is 5.91 Å². The summed E-state index contributed by atoms with van der Waals surface area (Å²) in [6.45, 7) is 1.67. The van der Waals surface area contributed by atoms with Gasteiger partial charge in [0.05, 0.1) is 6.42 Å². The Morgan fingerprint density at radius 3 is 2.83 bits per heavy atom. The number of piperidine rings is 1. The highest BCUT2D eigenvalue weighted by Gasteiger charge is 2.41. The van der Waals surface area contributed by atoms with Gasteiger partial charge < -0.3 is 20.2 Å². The first kappa shape index (κ1) is 15.6. The summed E-state index contributed by atoms with van der Waals surface area (Å²) < 4.78 is 6.36. The molecule has 0 bridgehead atoms. The number of carbonyl (C=O) groups is 1. The highest BCUT2D eigenvalue weighted by molar-refractivity contribution is 6.31. The SMILES string of the molecule is NC(=O)C1CC(N2CCC3(CCc4c(Cl)cccc4O3)CC2)=NO1. The fourth-order valence-corrected chi connectivity index (χ4v) is 4.00. The molecule has 0 radical (unpaired) electrons. The number of ether oxygens (including phenoxy) is 1. The van der Waals surface area contributed by atoms with Crippen molar-refractivity contribution in [1.29, 1.82) is 0 Å². The molecule has 1 atom stereocenters. The van der Waals surface area contributed by atoms with Crippen LogP contribution in [0.1, 0.15) is 31.2 Å². The summed E-state index contributed by atoms with van der Waals surface area (Å²) >= 11 is 6.26. The molecule has 4 rings (SSSR count). The van der Waals surface area contributed by atoms with Crippen LogP contribution < -0.4 is 10.5 Å². The largest absolute Gasteiger partial charge is 0.487 e. The third-order valence-corrected chi connectivity index (χ3v) is 5.60. The Labute approximate surface area is 145 Å². The fraction of sp³-hybridized carbons (Fsp3) is 0.529. The minimum absolute atomic E-state index is 0.128. The third kappa shape index (κ3) is 2.69. The van der Waals surface area contributed by atoms with Crippen LogP contribution >= 0.6 is 11.6 Å². The second-order valence-corrected chi connectivity index (χ2v) is 7.10. The van der Waals surface area contributed by atoms with Gasteiger partial charge in [0.2, 0.25) is 6.10 Å². The molecule has 0 aliphatic carbocycles. The first-order chi connectivity index (χ1) is 11.6. The monoisotopic (exact) mass is 349 g/mol. The van der Waals surface area contributed by atoms with E-state index in [-0.39, 0.29) is 5.60 Å². The van der Waals surface area contributed by atoms with Crippen molar-refractivity contribution < 1.29 is 14.4 Å². The molecule has 1 unspecified atom stereocenters. The van der Waals surface area contributed by atoms with E-state index in [9.17, 15) is 4.79 Å². The molecule has 3 aliphatic heterocycles. The van der Waals surface area contributed by atoms with Crippen LogP contribution in [0, 0.1) is 0 Å². The average Bonchev–Trinajstić information content (AvgIpc) is 3.06. The predicted octanol–water partition coefficient (Wildman–Crippen LogP) is 2.09. The van der Waals surface area contributed by atoms with Gasteiger partial charge in [-0.05, 0) is 25.0 Å². The second kappa shape index (κ2) is 5.84. The number of hydrogen-bond donors (Lipinski definition) is 1. The van der Waals surface area contributed by atoms with Gasteiger partial charge in [-0.3, -0.25) is 4.79 Å². The number of rotatable bonds is 1. The number of likely N-dealkylation sites (tertiary alicyclic amines) is 1. The van der Waals surface area contributed by atoms with Gasteiger partial charge in [-0.2, -0.15) is 0 Å². The van der Waals surface area contributed by atoms with Crippen molar-refractivity contribution in [3.63, 3.8) is 0 Å². The summed E-state index contributed by atoms with van der Waals surface area (Å²) in [6, 6.07) is 5.85. The van der Waals surface area contributed by atoms with Crippen molar-refractivity contribution in [3.05, 3.63) is 28.8 Å². The zero-order chi connectivity index (χ0) is 16.7. The van der Waals surface area contributed by atoms with Gasteiger partial charge in [0.15, 0.2) is 0 Å². The molecule has 3 aliphatic rings. The van der Waals surface area contributed by atoms with Crippen molar-refractivity contribution in [2.24, 2.45) is 10.9 Å². The molecule has 128 valence electrons. The Morgan fingerprint density at radius 2 is 2.12 bits per heavy atom. The Balaban J connectivity index is 1.41. The third-order valence-electron chi connectivity index (χ3n) is 5.24. The number of benzene rings is 1. The molecule has 2 N–H and O–H groups in total. The molecule has 0 aromatic heterocycles. The first-order valence-electron chi connectivity index (χ1n) is 8.30. The van der Waals surface area contributed by atoms with Crippen molar-refractivity contribution in [2.75, 3.05) is 13.1 Å². The van der Waals surface area contributed by atoms with Crippen LogP contribution in [0.4, 0.5) is 0 Å². The first-order valence-corrected chi connectivity index (χ1v) is 8.67. The normalized spacial score (nSPS) is 24.8. The van der Waals surface area contributed by atoms with Crippen LogP contribution in [0.15, 0.2) is 23.4 Å². The lowest BCUT2D eigenvalue weighted by Gasteiger charge is -2.45. The zero-order valence-corrected chi connectivity index (χ0v) is 14.1. The molecule has 0 saturated carbocycles. The standard InChI is InChI=1S/C17H20ClN3O3/c18-12-2-1-3-13-11(12)4-5-17(23-13)6-8-21(9-7-17)15-10-14(16(19)22)24-20-15/h1-3,14H,4-10H2,(H2,19,22). The van der Waals surface area contributed by atoms with Crippen LogP contribution in [0.2, 0.25) is 5.02 Å². The summed E-state index contributed by atoms with van der Waals surface area (Å²) in [7, 11) is 0. The minimum atomic E-state index is -0.629. The molecule has 7 heteroatoms. The number of nitrogens with zero attached hydrogens (tertiary/aromatic N) is 2. The Bertz CT molecular complexity index is 698. The summed E-state index contributed by atoms with van der Waals surface area (Å²) in [5.74, 6) is 1.26. The highest BCUT2D eigenvalue weighted by atomic mass is 35.5. The van der Waals surface area contributed by atoms with Gasteiger partial charge >= 0.3 is 0 Å². The fourth-order valence-electron chi connectivity index (χ4n) is 3.74. The van der Waals surface area contributed by atoms with E-state index < -0.39 is 12.0 Å². The Morgan fingerprint density at radius 1 is 1.33 bits per heavy atom. The lowest BCUT2D eigenvalue weighted by Crippen LogP contribution is -2.51. The summed E-state index contributed by atoms with van der Waals surface area (Å²) in [5, 5.41) is 4.81. The maximum absolute atomic E-state index is 11.2. The van der Waals surface area contributed by atoms with Gasteiger partial charge in [0, 0.05) is 36.5 Å². The van der Waals surface area contributed by atoms with E-state index in [0.29, 0.717) is 6.42 Å². The highest BCUT2D eigenvalue weighted by Crippen LogP contribution is 2.41. The molecular formula is C17H20ClN3O3. The molecule has 1 spiro atoms. The molecule has 3 heterocycles. The molecule has 1 fully saturated rings. The van der Waals surface area contributed by atoms with Gasteiger partial charge in [-0.15, -0.1) is 0 Å². The lowest BCUT2D eigenvalue weighted by molar-refractivity contribution is -0.127. The van der Waals surface area contributed by atoms with E-state index in [1.807, 2.05) is 18.2 Å². The van der Waals surface area contributed by atoms with Gasteiger partial charge in [-0.1, -0.05) is 22.8 Å². The molecule has 1 amide bonds. The number of halogens is 1. The van der Waals surface area contributed by atoms with Crippen molar-refractivity contribution in [3.8, 4) is 5.75 Å². The number of carbonyl (C=O) groups excluding carboxylic acids is 1. The van der Waals surface area contributed by atoms with Crippen LogP contribution in [-0.4, -0.2) is 41.4 Å². The van der Waals surface area contributed by atoms with Crippen LogP contribution in [0.3, 0.4) is 0 Å². The van der Waals surface area contributed by atoms with Crippen LogP contribution in [0.5, 0.6) is 5.75 Å². The number of amides is 1. The second-order valence-electron chi connectivity index (χ2n) is 6.70. The molecule has 1 aromatic rings. The average molecular weight is 350 g/mol. The minimum Gasteiger partial charge on any atom is -0.487 e.